The summed E-state index contributed by atoms with van der Waals surface area (Å²) in [6, 6.07) is 14.3. The fraction of sp³-hybridized carbons (Fsp3) is 0.300. The lowest BCUT2D eigenvalue weighted by molar-refractivity contribution is 0.326. The van der Waals surface area contributed by atoms with Crippen molar-refractivity contribution in [2.24, 2.45) is 0 Å². The summed E-state index contributed by atoms with van der Waals surface area (Å²) < 4.78 is 5.21. The molecule has 1 saturated heterocycles. The molecule has 0 amide bonds. The molecule has 25 heavy (non-hydrogen) atoms. The minimum atomic E-state index is 0.510. The molecule has 1 aliphatic rings. The lowest BCUT2D eigenvalue weighted by Crippen LogP contribution is -2.19. The van der Waals surface area contributed by atoms with Crippen LogP contribution in [-0.2, 0) is 6.54 Å². The van der Waals surface area contributed by atoms with Gasteiger partial charge in [0, 0.05) is 42.7 Å². The first kappa shape index (κ1) is 15.8. The minimum Gasteiger partial charge on any atom is -0.497 e. The highest BCUT2D eigenvalue weighted by Crippen LogP contribution is 2.29. The summed E-state index contributed by atoms with van der Waals surface area (Å²) >= 11 is 0. The van der Waals surface area contributed by atoms with E-state index in [-0.39, 0.29) is 0 Å². The van der Waals surface area contributed by atoms with Crippen LogP contribution in [0, 0.1) is 0 Å². The Morgan fingerprint density at radius 1 is 1.24 bits per heavy atom. The SMILES string of the molecule is COc1ccc(-c2cc(C3CCN(Cc4cccnc4)C3)[nH]n2)cc1. The van der Waals surface area contributed by atoms with Crippen molar-refractivity contribution in [3.05, 3.63) is 66.1 Å². The Labute approximate surface area is 147 Å². The molecule has 0 spiro atoms. The molecule has 0 radical (unpaired) electrons. The van der Waals surface area contributed by atoms with Crippen molar-refractivity contribution in [1.29, 1.82) is 0 Å². The van der Waals surface area contributed by atoms with E-state index in [2.05, 4.69) is 32.2 Å². The Kier molecular flexibility index (Phi) is 4.48. The third kappa shape index (κ3) is 3.56. The summed E-state index contributed by atoms with van der Waals surface area (Å²) in [5.41, 5.74) is 4.59. The van der Waals surface area contributed by atoms with E-state index in [4.69, 9.17) is 4.74 Å². The van der Waals surface area contributed by atoms with Crippen molar-refractivity contribution in [2.45, 2.75) is 18.9 Å². The molecule has 0 bridgehead atoms. The second kappa shape index (κ2) is 7.07. The smallest absolute Gasteiger partial charge is 0.118 e. The molecule has 1 unspecified atom stereocenters. The second-order valence-corrected chi connectivity index (χ2v) is 6.52. The Balaban J connectivity index is 1.42. The minimum absolute atomic E-state index is 0.510. The zero-order valence-electron chi connectivity index (χ0n) is 14.4. The average Bonchev–Trinajstić information content (AvgIpc) is 3.32. The Hall–Kier alpha value is -2.66. The van der Waals surface area contributed by atoms with Gasteiger partial charge in [-0.1, -0.05) is 6.07 Å². The van der Waals surface area contributed by atoms with Gasteiger partial charge in [-0.15, -0.1) is 0 Å². The van der Waals surface area contributed by atoms with E-state index in [1.807, 2.05) is 42.7 Å². The van der Waals surface area contributed by atoms with Gasteiger partial charge in [0.05, 0.1) is 12.8 Å². The first-order valence-corrected chi connectivity index (χ1v) is 8.63. The number of aromatic nitrogens is 3. The standard InChI is InChI=1S/C20H22N4O/c1-25-18-6-4-16(5-7-18)19-11-20(23-22-19)17-8-10-24(14-17)13-15-3-2-9-21-12-15/h2-7,9,11-12,17H,8,10,13-14H2,1H3,(H,22,23). The van der Waals surface area contributed by atoms with Gasteiger partial charge >= 0.3 is 0 Å². The van der Waals surface area contributed by atoms with Gasteiger partial charge in [-0.2, -0.15) is 5.10 Å². The molecule has 1 fully saturated rings. The maximum atomic E-state index is 5.21. The van der Waals surface area contributed by atoms with Gasteiger partial charge in [0.2, 0.25) is 0 Å². The molecule has 5 heteroatoms. The predicted octanol–water partition coefficient (Wildman–Crippen LogP) is 3.47. The van der Waals surface area contributed by atoms with Crippen molar-refractivity contribution in [2.75, 3.05) is 20.2 Å². The number of nitrogens with zero attached hydrogens (tertiary/aromatic N) is 3. The van der Waals surface area contributed by atoms with Crippen LogP contribution in [0.3, 0.4) is 0 Å². The lowest BCUT2D eigenvalue weighted by Gasteiger charge is -2.15. The van der Waals surface area contributed by atoms with E-state index < -0.39 is 0 Å². The van der Waals surface area contributed by atoms with E-state index in [0.717, 1.165) is 43.1 Å². The molecule has 128 valence electrons. The molecule has 2 aromatic heterocycles. The molecule has 4 rings (SSSR count). The van der Waals surface area contributed by atoms with Crippen molar-refractivity contribution in [3.8, 4) is 17.0 Å². The molecular weight excluding hydrogens is 312 g/mol. The summed E-state index contributed by atoms with van der Waals surface area (Å²) in [6.45, 7) is 3.12. The van der Waals surface area contributed by atoms with Gasteiger partial charge in [-0.3, -0.25) is 15.0 Å². The number of nitrogens with one attached hydrogen (secondary N) is 1. The van der Waals surface area contributed by atoms with Crippen LogP contribution in [0.4, 0.5) is 0 Å². The van der Waals surface area contributed by atoms with Crippen LogP contribution < -0.4 is 4.74 Å². The number of methoxy groups -OCH3 is 1. The monoisotopic (exact) mass is 334 g/mol. The molecule has 0 saturated carbocycles. The van der Waals surface area contributed by atoms with E-state index >= 15 is 0 Å². The van der Waals surface area contributed by atoms with Crippen LogP contribution in [-0.4, -0.2) is 40.3 Å². The van der Waals surface area contributed by atoms with E-state index in [9.17, 15) is 0 Å². The molecule has 1 aromatic carbocycles. The number of likely N-dealkylation sites (tertiary alicyclic amines) is 1. The number of aromatic amines is 1. The summed E-state index contributed by atoms with van der Waals surface area (Å²) in [4.78, 5) is 6.68. The molecule has 1 atom stereocenters. The number of H-pyrrole nitrogens is 1. The number of hydrogen-bond donors (Lipinski definition) is 1. The molecule has 3 aromatic rings. The molecule has 3 heterocycles. The van der Waals surface area contributed by atoms with E-state index in [1.165, 1.54) is 11.3 Å². The number of hydrogen-bond acceptors (Lipinski definition) is 4. The molecule has 5 nitrogen and oxygen atoms in total. The second-order valence-electron chi connectivity index (χ2n) is 6.52. The van der Waals surface area contributed by atoms with Crippen LogP contribution in [0.2, 0.25) is 0 Å². The lowest BCUT2D eigenvalue weighted by atomic mass is 10.0. The van der Waals surface area contributed by atoms with Crippen LogP contribution >= 0.6 is 0 Å². The van der Waals surface area contributed by atoms with Crippen LogP contribution in [0.25, 0.3) is 11.3 Å². The first-order valence-electron chi connectivity index (χ1n) is 8.63. The Bertz CT molecular complexity index is 813. The zero-order chi connectivity index (χ0) is 17.1. The fourth-order valence-corrected chi connectivity index (χ4v) is 3.44. The topological polar surface area (TPSA) is 54.0 Å². The van der Waals surface area contributed by atoms with Gasteiger partial charge in [0.15, 0.2) is 0 Å². The van der Waals surface area contributed by atoms with Gasteiger partial charge < -0.3 is 4.74 Å². The normalized spacial score (nSPS) is 17.7. The highest BCUT2D eigenvalue weighted by molar-refractivity contribution is 5.60. The number of pyridine rings is 1. The van der Waals surface area contributed by atoms with Crippen molar-refractivity contribution < 1.29 is 4.74 Å². The van der Waals surface area contributed by atoms with Crippen molar-refractivity contribution in [1.82, 2.24) is 20.1 Å². The number of benzene rings is 1. The summed E-state index contributed by atoms with van der Waals surface area (Å²) in [5, 5.41) is 7.74. The number of ether oxygens (including phenoxy) is 1. The maximum Gasteiger partial charge on any atom is 0.118 e. The van der Waals surface area contributed by atoms with Gasteiger partial charge in [-0.25, -0.2) is 0 Å². The third-order valence-electron chi connectivity index (χ3n) is 4.82. The average molecular weight is 334 g/mol. The third-order valence-corrected chi connectivity index (χ3v) is 4.82. The Morgan fingerprint density at radius 3 is 2.88 bits per heavy atom. The maximum absolute atomic E-state index is 5.21. The summed E-state index contributed by atoms with van der Waals surface area (Å²) in [5.74, 6) is 1.37. The largest absolute Gasteiger partial charge is 0.497 e. The summed E-state index contributed by atoms with van der Waals surface area (Å²) in [6.07, 6.45) is 4.93. The van der Waals surface area contributed by atoms with Crippen LogP contribution in [0.15, 0.2) is 54.9 Å². The predicted molar refractivity (Wildman–Crippen MR) is 97.4 cm³/mol. The van der Waals surface area contributed by atoms with Gasteiger partial charge in [0.1, 0.15) is 5.75 Å². The zero-order valence-corrected chi connectivity index (χ0v) is 14.4. The van der Waals surface area contributed by atoms with E-state index in [1.54, 1.807) is 7.11 Å². The van der Waals surface area contributed by atoms with Crippen LogP contribution in [0.5, 0.6) is 5.75 Å². The first-order chi connectivity index (χ1) is 12.3. The number of rotatable bonds is 5. The quantitative estimate of drug-likeness (QED) is 0.776. The van der Waals surface area contributed by atoms with Crippen LogP contribution in [0.1, 0.15) is 23.6 Å². The highest BCUT2D eigenvalue weighted by atomic mass is 16.5. The van der Waals surface area contributed by atoms with E-state index in [0.29, 0.717) is 5.92 Å². The fourth-order valence-electron chi connectivity index (χ4n) is 3.44. The van der Waals surface area contributed by atoms with Crippen molar-refractivity contribution in [3.63, 3.8) is 0 Å². The highest BCUT2D eigenvalue weighted by Gasteiger charge is 2.25. The van der Waals surface area contributed by atoms with Crippen molar-refractivity contribution >= 4 is 0 Å². The molecule has 1 N–H and O–H groups in total. The molecule has 1 aliphatic heterocycles. The summed E-state index contributed by atoms with van der Waals surface area (Å²) in [7, 11) is 1.68. The Morgan fingerprint density at radius 2 is 2.12 bits per heavy atom. The molecular formula is C20H22N4O. The van der Waals surface area contributed by atoms with Gasteiger partial charge in [-0.05, 0) is 54.9 Å². The van der Waals surface area contributed by atoms with Gasteiger partial charge in [0.25, 0.3) is 0 Å². The molecule has 0 aliphatic carbocycles.